The van der Waals surface area contributed by atoms with E-state index in [4.69, 9.17) is 5.26 Å². The average molecular weight is 729 g/mol. The molecule has 0 spiro atoms. The smallest absolute Gasteiger partial charge is 0.280 e. The lowest BCUT2D eigenvalue weighted by Gasteiger charge is -2.12. The zero-order valence-electron chi connectivity index (χ0n) is 17.8. The van der Waals surface area contributed by atoms with Crippen LogP contribution in [-0.4, -0.2) is 31.7 Å². The van der Waals surface area contributed by atoms with Gasteiger partial charge in [-0.2, -0.15) is 5.26 Å². The molecule has 0 bridgehead atoms. The molecule has 2 atom stereocenters. The van der Waals surface area contributed by atoms with Gasteiger partial charge in [-0.3, -0.25) is 14.8 Å². The number of nitriles is 1. The molecule has 0 aliphatic heterocycles. The minimum atomic E-state index is -2.71. The highest BCUT2D eigenvalue weighted by atomic mass is 127. The first-order chi connectivity index (χ1) is 16.0. The summed E-state index contributed by atoms with van der Waals surface area (Å²) in [5.74, 6) is 0. The second-order valence-corrected chi connectivity index (χ2v) is 11.9. The van der Waals surface area contributed by atoms with Crippen LogP contribution >= 0.6 is 54.5 Å². The van der Waals surface area contributed by atoms with Crippen molar-refractivity contribution in [2.45, 2.75) is 18.6 Å². The largest absolute Gasteiger partial charge is 0.296 e. The fourth-order valence-corrected chi connectivity index (χ4v) is 3.77. The molecule has 0 fully saturated rings. The van der Waals surface area contributed by atoms with Gasteiger partial charge in [-0.25, -0.2) is 18.0 Å². The van der Waals surface area contributed by atoms with Gasteiger partial charge >= 0.3 is 0 Å². The molecule has 0 saturated carbocycles. The summed E-state index contributed by atoms with van der Waals surface area (Å²) >= 11 is 8.64. The van der Waals surface area contributed by atoms with Crippen molar-refractivity contribution in [2.24, 2.45) is 4.36 Å². The first-order valence-electron chi connectivity index (χ1n) is 9.17. The monoisotopic (exact) mass is 727 g/mol. The van der Waals surface area contributed by atoms with E-state index in [0.717, 1.165) is 12.6 Å². The number of carbonyl (C=O) groups is 1. The van der Waals surface area contributed by atoms with Crippen LogP contribution in [0.5, 0.6) is 0 Å². The van der Waals surface area contributed by atoms with Gasteiger partial charge in [-0.1, -0.05) is 6.07 Å². The Hall–Kier alpha value is -1.89. The van der Waals surface area contributed by atoms with Crippen LogP contribution in [0.2, 0.25) is 0 Å². The molecule has 0 aromatic carbocycles. The van der Waals surface area contributed by atoms with Crippen LogP contribution in [0, 0.1) is 15.2 Å². The molecule has 3 heterocycles. The Labute approximate surface area is 227 Å². The summed E-state index contributed by atoms with van der Waals surface area (Å²) < 4.78 is 42.8. The van der Waals surface area contributed by atoms with Crippen LogP contribution in [-0.2, 0) is 9.73 Å². The second-order valence-electron chi connectivity index (χ2n) is 6.33. The zero-order chi connectivity index (χ0) is 25.7. The number of nitrogens with zero attached hydrogens (tertiary/aromatic N) is 5. The van der Waals surface area contributed by atoms with Gasteiger partial charge in [0.2, 0.25) is 6.19 Å². The molecule has 7 nitrogen and oxygen atoms in total. The summed E-state index contributed by atoms with van der Waals surface area (Å²) in [6.45, 7) is 1.61. The van der Waals surface area contributed by atoms with Gasteiger partial charge in [0.25, 0.3) is 6.43 Å². The normalized spacial score (nSPS) is 12.6. The van der Waals surface area contributed by atoms with E-state index < -0.39 is 21.4 Å². The Morgan fingerprint density at radius 1 is 1.06 bits per heavy atom. The van der Waals surface area contributed by atoms with Crippen molar-refractivity contribution in [1.82, 2.24) is 15.0 Å². The van der Waals surface area contributed by atoms with E-state index in [9.17, 15) is 17.8 Å². The average Bonchev–Trinajstić information content (AvgIpc) is 2.82. The first-order valence-corrected chi connectivity index (χ1v) is 13.8. The third-order valence-corrected chi connectivity index (χ3v) is 7.55. The maximum atomic E-state index is 12.3. The highest BCUT2D eigenvalue weighted by molar-refractivity contribution is 14.1. The summed E-state index contributed by atoms with van der Waals surface area (Å²) in [7, 11) is -2.71. The molecule has 13 heteroatoms. The topological polar surface area (TPSA) is 109 Å². The van der Waals surface area contributed by atoms with Crippen LogP contribution in [0.4, 0.5) is 8.78 Å². The number of aldehydes is 1. The lowest BCUT2D eigenvalue weighted by Crippen LogP contribution is -2.08. The number of alkyl halides is 2. The Kier molecular flexibility index (Phi) is 13.5. The van der Waals surface area contributed by atoms with E-state index in [0.29, 0.717) is 17.5 Å². The van der Waals surface area contributed by atoms with Gasteiger partial charge in [-0.05, 0) is 97.3 Å². The second kappa shape index (κ2) is 15.2. The maximum Gasteiger partial charge on any atom is 0.280 e. The predicted octanol–water partition coefficient (Wildman–Crippen LogP) is 6.76. The molecule has 0 N–H and O–H groups in total. The van der Waals surface area contributed by atoms with Crippen molar-refractivity contribution >= 4 is 70.5 Å². The fourth-order valence-electron chi connectivity index (χ4n) is 2.01. The van der Waals surface area contributed by atoms with E-state index in [1.807, 2.05) is 12.1 Å². The molecule has 3 aromatic heterocycles. The molecular formula is C21H18Br2F2IN5O2S. The van der Waals surface area contributed by atoms with E-state index in [1.54, 1.807) is 31.5 Å². The van der Waals surface area contributed by atoms with Crippen LogP contribution in [0.25, 0.3) is 0 Å². The van der Waals surface area contributed by atoms with E-state index in [1.165, 1.54) is 30.8 Å². The predicted molar refractivity (Wildman–Crippen MR) is 142 cm³/mol. The molecule has 0 radical (unpaired) electrons. The van der Waals surface area contributed by atoms with E-state index in [2.05, 4.69) is 73.8 Å². The van der Waals surface area contributed by atoms with Gasteiger partial charge in [0.05, 0.1) is 15.0 Å². The minimum absolute atomic E-state index is 0.333. The van der Waals surface area contributed by atoms with Crippen molar-refractivity contribution in [3.8, 4) is 6.19 Å². The summed E-state index contributed by atoms with van der Waals surface area (Å²) in [6, 6.07) is 9.95. The SMILES string of the molecule is Brc1ccc(I)nc1.CC(c1ccc(C(F)F)nc1)S(C)(=O)=NC#N.O=Cc1ccc(Br)cn1. The van der Waals surface area contributed by atoms with E-state index >= 15 is 0 Å². The summed E-state index contributed by atoms with van der Waals surface area (Å²) in [6.07, 6.45) is 5.54. The van der Waals surface area contributed by atoms with Gasteiger partial charge < -0.3 is 0 Å². The number of hydrogen-bond donors (Lipinski definition) is 0. The summed E-state index contributed by atoms with van der Waals surface area (Å²) in [5.41, 5.74) is 0.639. The van der Waals surface area contributed by atoms with Gasteiger partial charge in [0.1, 0.15) is 15.1 Å². The standard InChI is InChI=1S/C10H11F2N3OS.C6H4BrNO.C5H3BrIN/c1-7(17(2,16)15-6-13)8-3-4-9(10(11)12)14-5-8;7-5-1-2-6(4-9)8-3-5;6-4-1-2-5(7)8-3-4/h3-5,7,10H,1-2H3;1-4H;1-3H. The Morgan fingerprint density at radius 3 is 2.06 bits per heavy atom. The molecule has 0 aliphatic carbocycles. The Morgan fingerprint density at radius 2 is 1.68 bits per heavy atom. The first kappa shape index (κ1) is 30.1. The van der Waals surface area contributed by atoms with Crippen molar-refractivity contribution in [2.75, 3.05) is 6.26 Å². The van der Waals surface area contributed by atoms with Gasteiger partial charge in [0.15, 0.2) is 6.29 Å². The summed E-state index contributed by atoms with van der Waals surface area (Å²) in [5, 5.41) is 7.86. The van der Waals surface area contributed by atoms with Gasteiger partial charge in [0, 0.05) is 33.8 Å². The number of pyridine rings is 3. The number of aromatic nitrogens is 3. The van der Waals surface area contributed by atoms with E-state index in [-0.39, 0.29) is 5.69 Å². The molecule has 3 rings (SSSR count). The molecule has 2 unspecified atom stereocenters. The molecule has 0 aliphatic rings. The lowest BCUT2D eigenvalue weighted by molar-refractivity contribution is 0.111. The van der Waals surface area contributed by atoms with Crippen LogP contribution in [0.1, 0.15) is 40.3 Å². The third-order valence-electron chi connectivity index (χ3n) is 3.94. The van der Waals surface area contributed by atoms with Gasteiger partial charge in [-0.15, -0.1) is 4.36 Å². The van der Waals surface area contributed by atoms with Crippen LogP contribution in [0.15, 0.2) is 68.3 Å². The van der Waals surface area contributed by atoms with Crippen molar-refractivity contribution < 1.29 is 17.8 Å². The third kappa shape index (κ3) is 11.0. The maximum absolute atomic E-state index is 12.3. The quantitative estimate of drug-likeness (QED) is 0.127. The Balaban J connectivity index is 0.000000284. The molecule has 0 amide bonds. The van der Waals surface area contributed by atoms with Crippen LogP contribution < -0.4 is 0 Å². The molecular weight excluding hydrogens is 711 g/mol. The fraction of sp³-hybridized carbons (Fsp3) is 0.190. The highest BCUT2D eigenvalue weighted by Crippen LogP contribution is 2.24. The lowest BCUT2D eigenvalue weighted by atomic mass is 10.2. The highest BCUT2D eigenvalue weighted by Gasteiger charge is 2.17. The molecule has 180 valence electrons. The molecule has 34 heavy (non-hydrogen) atoms. The minimum Gasteiger partial charge on any atom is -0.296 e. The van der Waals surface area contributed by atoms with Crippen molar-refractivity contribution in [1.29, 1.82) is 5.26 Å². The van der Waals surface area contributed by atoms with Crippen LogP contribution in [0.3, 0.4) is 0 Å². The zero-order valence-corrected chi connectivity index (χ0v) is 23.9. The molecule has 3 aromatic rings. The number of carbonyl (C=O) groups excluding carboxylic acids is 1. The summed E-state index contributed by atoms with van der Waals surface area (Å²) in [4.78, 5) is 21.4. The number of hydrogen-bond acceptors (Lipinski definition) is 7. The molecule has 0 saturated heterocycles. The number of rotatable bonds is 4. The number of halogens is 5. The van der Waals surface area contributed by atoms with Crippen molar-refractivity contribution in [3.05, 3.63) is 84.6 Å². The van der Waals surface area contributed by atoms with Crippen molar-refractivity contribution in [3.63, 3.8) is 0 Å². The Bertz CT molecular complexity index is 1190.